The molecule has 1 aliphatic heterocycles. The summed E-state index contributed by atoms with van der Waals surface area (Å²) in [5.74, 6) is 2.85. The van der Waals surface area contributed by atoms with Gasteiger partial charge in [-0.25, -0.2) is 0 Å². The van der Waals surface area contributed by atoms with Crippen LogP contribution in [0, 0.1) is 0 Å². The molecule has 0 saturated heterocycles. The Morgan fingerprint density at radius 3 is 2.83 bits per heavy atom. The summed E-state index contributed by atoms with van der Waals surface area (Å²) in [4.78, 5) is 12.3. The Bertz CT molecular complexity index is 1040. The zero-order chi connectivity index (χ0) is 20.2. The molecule has 1 aromatic heterocycles. The first kappa shape index (κ1) is 19.1. The minimum atomic E-state index is -0.141. The minimum absolute atomic E-state index is 0.141. The van der Waals surface area contributed by atoms with Gasteiger partial charge in [0, 0.05) is 24.4 Å². The van der Waals surface area contributed by atoms with Crippen molar-refractivity contribution in [2.24, 2.45) is 7.05 Å². The van der Waals surface area contributed by atoms with Gasteiger partial charge in [0.1, 0.15) is 19.0 Å². The lowest BCUT2D eigenvalue weighted by atomic mass is 10.2. The monoisotopic (exact) mass is 412 g/mol. The number of hydrogen-bond acceptors (Lipinski definition) is 7. The number of hydrogen-bond donors (Lipinski definition) is 1. The van der Waals surface area contributed by atoms with Gasteiger partial charge in [-0.2, -0.15) is 0 Å². The fourth-order valence-electron chi connectivity index (χ4n) is 2.90. The molecule has 0 unspecified atom stereocenters. The van der Waals surface area contributed by atoms with Crippen LogP contribution in [0.5, 0.6) is 17.2 Å². The molecule has 1 N–H and O–H groups in total. The number of thioether (sulfide) groups is 1. The molecule has 0 fully saturated rings. The molecule has 4 rings (SSSR count). The quantitative estimate of drug-likeness (QED) is 0.623. The number of methoxy groups -OCH3 is 1. The largest absolute Gasteiger partial charge is 0.497 e. The maximum atomic E-state index is 12.3. The van der Waals surface area contributed by atoms with E-state index in [0.717, 1.165) is 11.3 Å². The molecule has 0 saturated carbocycles. The summed E-state index contributed by atoms with van der Waals surface area (Å²) in [5.41, 5.74) is 1.56. The van der Waals surface area contributed by atoms with Crippen LogP contribution in [-0.2, 0) is 11.8 Å². The van der Waals surface area contributed by atoms with Crippen LogP contribution in [0.25, 0.3) is 11.4 Å². The van der Waals surface area contributed by atoms with Crippen molar-refractivity contribution < 1.29 is 19.0 Å². The normalized spacial score (nSPS) is 12.5. The third-order valence-corrected chi connectivity index (χ3v) is 5.34. The number of ether oxygens (including phenoxy) is 3. The van der Waals surface area contributed by atoms with Crippen LogP contribution in [0.15, 0.2) is 47.6 Å². The second-order valence-electron chi connectivity index (χ2n) is 6.29. The van der Waals surface area contributed by atoms with Crippen molar-refractivity contribution in [3.05, 3.63) is 42.5 Å². The smallest absolute Gasteiger partial charge is 0.234 e. The molecule has 0 aliphatic carbocycles. The molecule has 8 nitrogen and oxygen atoms in total. The summed E-state index contributed by atoms with van der Waals surface area (Å²) in [6.07, 6.45) is 0. The number of nitrogens with zero attached hydrogens (tertiary/aromatic N) is 3. The van der Waals surface area contributed by atoms with E-state index in [1.165, 1.54) is 11.8 Å². The molecule has 9 heteroatoms. The van der Waals surface area contributed by atoms with Crippen LogP contribution >= 0.6 is 11.8 Å². The Morgan fingerprint density at radius 2 is 2.00 bits per heavy atom. The zero-order valence-corrected chi connectivity index (χ0v) is 16.9. The summed E-state index contributed by atoms with van der Waals surface area (Å²) >= 11 is 1.32. The van der Waals surface area contributed by atoms with E-state index >= 15 is 0 Å². The highest BCUT2D eigenvalue weighted by molar-refractivity contribution is 7.99. The van der Waals surface area contributed by atoms with Gasteiger partial charge in [-0.3, -0.25) is 4.79 Å². The summed E-state index contributed by atoms with van der Waals surface area (Å²) < 4.78 is 18.1. The topological polar surface area (TPSA) is 87.5 Å². The highest BCUT2D eigenvalue weighted by Gasteiger charge is 2.15. The van der Waals surface area contributed by atoms with E-state index < -0.39 is 0 Å². The molecule has 150 valence electrons. The first-order chi connectivity index (χ1) is 14.1. The van der Waals surface area contributed by atoms with Crippen molar-refractivity contribution in [2.75, 3.05) is 31.4 Å². The summed E-state index contributed by atoms with van der Waals surface area (Å²) in [6, 6.07) is 13.0. The second-order valence-corrected chi connectivity index (χ2v) is 7.23. The van der Waals surface area contributed by atoms with E-state index in [1.54, 1.807) is 25.3 Å². The van der Waals surface area contributed by atoms with Crippen LogP contribution in [0.3, 0.4) is 0 Å². The van der Waals surface area contributed by atoms with Gasteiger partial charge >= 0.3 is 0 Å². The Labute approximate surface area is 172 Å². The van der Waals surface area contributed by atoms with E-state index in [2.05, 4.69) is 15.5 Å². The number of aromatic nitrogens is 3. The van der Waals surface area contributed by atoms with E-state index in [4.69, 9.17) is 14.2 Å². The number of rotatable bonds is 6. The van der Waals surface area contributed by atoms with Crippen molar-refractivity contribution in [3.8, 4) is 28.6 Å². The zero-order valence-electron chi connectivity index (χ0n) is 16.0. The van der Waals surface area contributed by atoms with Gasteiger partial charge in [0.25, 0.3) is 0 Å². The molecule has 3 aromatic rings. The van der Waals surface area contributed by atoms with Crippen LogP contribution in [0.4, 0.5) is 5.69 Å². The molecule has 0 spiro atoms. The number of carbonyl (C=O) groups is 1. The van der Waals surface area contributed by atoms with Crippen LogP contribution < -0.4 is 19.5 Å². The maximum absolute atomic E-state index is 12.3. The Hall–Kier alpha value is -3.20. The van der Waals surface area contributed by atoms with Gasteiger partial charge in [0.15, 0.2) is 22.5 Å². The predicted octanol–water partition coefficient (Wildman–Crippen LogP) is 2.99. The SMILES string of the molecule is COc1cccc(-c2nnc(SCC(=O)Nc3ccc4c(c3)OCCO4)n2C)c1. The predicted molar refractivity (Wildman–Crippen MR) is 110 cm³/mol. The third-order valence-electron chi connectivity index (χ3n) is 4.32. The molecule has 2 heterocycles. The third kappa shape index (κ3) is 4.29. The van der Waals surface area contributed by atoms with Crippen molar-refractivity contribution in [3.63, 3.8) is 0 Å². The first-order valence-corrected chi connectivity index (χ1v) is 9.99. The Morgan fingerprint density at radius 1 is 1.17 bits per heavy atom. The Kier molecular flexibility index (Phi) is 5.57. The number of nitrogens with one attached hydrogen (secondary N) is 1. The van der Waals surface area contributed by atoms with Gasteiger partial charge in [-0.15, -0.1) is 10.2 Å². The molecule has 0 bridgehead atoms. The molecule has 29 heavy (non-hydrogen) atoms. The molecule has 1 aliphatic rings. The van der Waals surface area contributed by atoms with E-state index in [1.807, 2.05) is 35.9 Å². The van der Waals surface area contributed by atoms with Gasteiger partial charge in [-0.1, -0.05) is 23.9 Å². The fourth-order valence-corrected chi connectivity index (χ4v) is 3.61. The molecule has 0 atom stereocenters. The lowest BCUT2D eigenvalue weighted by Crippen LogP contribution is -2.17. The Balaban J connectivity index is 1.39. The standard InChI is InChI=1S/C20H20N4O4S/c1-24-19(13-4-3-5-15(10-13)26-2)22-23-20(24)29-12-18(25)21-14-6-7-16-17(11-14)28-9-8-27-16/h3-7,10-11H,8-9,12H2,1-2H3,(H,21,25). The van der Waals surface area contributed by atoms with Crippen molar-refractivity contribution >= 4 is 23.4 Å². The number of benzene rings is 2. The van der Waals surface area contributed by atoms with Crippen molar-refractivity contribution in [2.45, 2.75) is 5.16 Å². The van der Waals surface area contributed by atoms with Gasteiger partial charge in [0.05, 0.1) is 12.9 Å². The van der Waals surface area contributed by atoms with Crippen molar-refractivity contribution in [1.82, 2.24) is 14.8 Å². The highest BCUT2D eigenvalue weighted by Crippen LogP contribution is 2.32. The fraction of sp³-hybridized carbons (Fsp3) is 0.250. The van der Waals surface area contributed by atoms with Gasteiger partial charge in [-0.05, 0) is 24.3 Å². The van der Waals surface area contributed by atoms with Crippen LogP contribution in [0.2, 0.25) is 0 Å². The molecule has 1 amide bonds. The molecule has 0 radical (unpaired) electrons. The summed E-state index contributed by atoms with van der Waals surface area (Å²) in [7, 11) is 3.49. The molecular formula is C20H20N4O4S. The number of carbonyl (C=O) groups excluding carboxylic acids is 1. The maximum Gasteiger partial charge on any atom is 0.234 e. The van der Waals surface area contributed by atoms with E-state index in [0.29, 0.717) is 41.4 Å². The minimum Gasteiger partial charge on any atom is -0.497 e. The van der Waals surface area contributed by atoms with Gasteiger partial charge < -0.3 is 24.1 Å². The number of amides is 1. The summed E-state index contributed by atoms with van der Waals surface area (Å²) in [6.45, 7) is 1.03. The average molecular weight is 412 g/mol. The lowest BCUT2D eigenvalue weighted by molar-refractivity contribution is -0.113. The first-order valence-electron chi connectivity index (χ1n) is 9.00. The second kappa shape index (κ2) is 8.44. The number of anilines is 1. The molecular weight excluding hydrogens is 392 g/mol. The van der Waals surface area contributed by atoms with E-state index in [9.17, 15) is 4.79 Å². The highest BCUT2D eigenvalue weighted by atomic mass is 32.2. The average Bonchev–Trinajstić information content (AvgIpc) is 3.12. The van der Waals surface area contributed by atoms with Gasteiger partial charge in [0.2, 0.25) is 5.91 Å². The van der Waals surface area contributed by atoms with Crippen LogP contribution in [0.1, 0.15) is 0 Å². The summed E-state index contributed by atoms with van der Waals surface area (Å²) in [5, 5.41) is 12.0. The van der Waals surface area contributed by atoms with Crippen LogP contribution in [-0.4, -0.2) is 46.7 Å². The number of fused-ring (bicyclic) bond motifs is 1. The molecule has 2 aromatic carbocycles. The van der Waals surface area contributed by atoms with E-state index in [-0.39, 0.29) is 11.7 Å². The lowest BCUT2D eigenvalue weighted by Gasteiger charge is -2.18. The van der Waals surface area contributed by atoms with Crippen molar-refractivity contribution in [1.29, 1.82) is 0 Å².